The lowest BCUT2D eigenvalue weighted by Gasteiger charge is -2.47. The van der Waals surface area contributed by atoms with Gasteiger partial charge in [-0.2, -0.15) is 0 Å². The fourth-order valence-electron chi connectivity index (χ4n) is 13.8. The molecule has 4 heteroatoms. The normalized spacial score (nSPS) is 21.7. The van der Waals surface area contributed by atoms with Crippen LogP contribution in [0.5, 0.6) is 0 Å². The highest BCUT2D eigenvalue weighted by atomic mass is 32.1. The van der Waals surface area contributed by atoms with Crippen LogP contribution < -0.4 is 25.5 Å². The first-order valence-corrected chi connectivity index (χ1v) is 27.5. The number of hydrogen-bond acceptors (Lipinski definition) is 3. The highest BCUT2D eigenvalue weighted by Gasteiger charge is 2.49. The smallest absolute Gasteiger partial charge is 0.264 e. The monoisotopic (exact) mass is 983 g/mol. The van der Waals surface area contributed by atoms with E-state index in [0.29, 0.717) is 16.8 Å². The van der Waals surface area contributed by atoms with E-state index in [9.17, 15) is 5.48 Å². The van der Waals surface area contributed by atoms with Crippen LogP contribution in [0.1, 0.15) is 174 Å². The number of thiophene rings is 1. The van der Waals surface area contributed by atoms with E-state index in [1.807, 2.05) is 17.4 Å². The fraction of sp³-hybridized carbons (Fsp3) is 0.362. The molecule has 7 aromatic carbocycles. The summed E-state index contributed by atoms with van der Waals surface area (Å²) in [4.78, 5) is 4.78. The molecule has 2 nitrogen and oxygen atoms in total. The minimum Gasteiger partial charge on any atom is -0.311 e. The van der Waals surface area contributed by atoms with Gasteiger partial charge in [-0.3, -0.25) is 0 Å². The highest BCUT2D eigenvalue weighted by Crippen LogP contribution is 2.56. The van der Waals surface area contributed by atoms with Gasteiger partial charge in [-0.15, -0.1) is 11.3 Å². The van der Waals surface area contributed by atoms with Crippen molar-refractivity contribution >= 4 is 78.0 Å². The van der Waals surface area contributed by atoms with Gasteiger partial charge >= 0.3 is 0 Å². The van der Waals surface area contributed by atoms with E-state index in [1.165, 1.54) is 38.8 Å². The van der Waals surface area contributed by atoms with Crippen molar-refractivity contribution in [2.45, 2.75) is 161 Å². The van der Waals surface area contributed by atoms with Gasteiger partial charge in [0, 0.05) is 43.2 Å². The average molecular weight is 983 g/mol. The van der Waals surface area contributed by atoms with Crippen LogP contribution in [0, 0.1) is 6.92 Å². The van der Waals surface area contributed by atoms with Gasteiger partial charge in [0.25, 0.3) is 6.71 Å². The summed E-state index contributed by atoms with van der Waals surface area (Å²) in [5.41, 5.74) is 17.0. The van der Waals surface area contributed by atoms with Gasteiger partial charge in [-0.25, -0.2) is 0 Å². The van der Waals surface area contributed by atoms with Gasteiger partial charge in [0.05, 0.1) is 25.1 Å². The maximum Gasteiger partial charge on any atom is 0.264 e. The second kappa shape index (κ2) is 15.6. The first kappa shape index (κ1) is 37.0. The van der Waals surface area contributed by atoms with E-state index >= 15 is 0 Å². The number of fused-ring (bicyclic) bond motifs is 9. The second-order valence-electron chi connectivity index (χ2n) is 26.3. The summed E-state index contributed by atoms with van der Waals surface area (Å²) < 4.78 is 93.2. The Bertz CT molecular complexity index is 4170. The molecule has 0 saturated heterocycles. The largest absolute Gasteiger partial charge is 0.311 e. The van der Waals surface area contributed by atoms with Crippen molar-refractivity contribution in [2.75, 3.05) is 9.80 Å². The minimum absolute atomic E-state index is 0.00509. The van der Waals surface area contributed by atoms with Crippen molar-refractivity contribution in [1.82, 2.24) is 0 Å². The maximum atomic E-state index is 9.60. The zero-order valence-corrected chi connectivity index (χ0v) is 45.9. The Kier molecular flexibility index (Phi) is 7.91. The Labute approximate surface area is 455 Å². The molecule has 1 aromatic heterocycles. The van der Waals surface area contributed by atoms with E-state index in [2.05, 4.69) is 154 Å². The van der Waals surface area contributed by atoms with Crippen LogP contribution in [0.2, 0.25) is 0 Å². The van der Waals surface area contributed by atoms with Crippen molar-refractivity contribution in [1.29, 1.82) is 0 Å². The number of rotatable bonds is 4. The zero-order chi connectivity index (χ0) is 59.6. The van der Waals surface area contributed by atoms with E-state index in [-0.39, 0.29) is 74.5 Å². The van der Waals surface area contributed by atoms with Crippen LogP contribution in [0.15, 0.2) is 133 Å². The Morgan fingerprint density at radius 1 is 0.452 bits per heavy atom. The summed E-state index contributed by atoms with van der Waals surface area (Å²) in [7, 11) is 0. The molecule has 0 radical (unpaired) electrons. The van der Waals surface area contributed by atoms with Crippen LogP contribution in [0.4, 0.5) is 34.1 Å². The molecular formula is C69H73BN2S. The first-order chi connectivity index (χ1) is 38.7. The van der Waals surface area contributed by atoms with Gasteiger partial charge in [0.15, 0.2) is 0 Å². The third-order valence-corrected chi connectivity index (χ3v) is 19.8. The highest BCUT2D eigenvalue weighted by molar-refractivity contribution is 7.33. The number of aryl methyl sites for hydroxylation is 1. The Balaban J connectivity index is 1.22. The SMILES string of the molecule is [2H]c1c([2H])c([2H])c(-c2ccc(-c3c([2H])c([2H])c([2H])c([2H])c3[2H])c(N3c4cc(C)cc5c4B(c4cc6c(cc4N5c4ccc5c(c4)C(C)(C)CCC5(C)C)C(C)(C)CCC6(C)C)c4sc5cc6c(cc5c43)C(C)(C)CCC6(C)C)c2)c([2H])c1[2H]. The number of nitrogens with zero attached hydrogens (tertiary/aromatic N) is 2. The quantitative estimate of drug-likeness (QED) is 0.162. The Morgan fingerprint density at radius 2 is 0.959 bits per heavy atom. The Morgan fingerprint density at radius 3 is 1.56 bits per heavy atom. The van der Waals surface area contributed by atoms with Gasteiger partial charge in [-0.05, 0) is 193 Å². The molecule has 0 unspecified atom stereocenters. The van der Waals surface area contributed by atoms with Crippen molar-refractivity contribution in [2.24, 2.45) is 0 Å². The average Bonchev–Trinajstić information content (AvgIpc) is 1.82. The summed E-state index contributed by atoms with van der Waals surface area (Å²) in [6, 6.07) is 22.6. The molecule has 13 rings (SSSR count). The van der Waals surface area contributed by atoms with Crippen LogP contribution in [-0.4, -0.2) is 6.71 Å². The van der Waals surface area contributed by atoms with Crippen LogP contribution in [0.3, 0.4) is 0 Å². The second-order valence-corrected chi connectivity index (χ2v) is 27.3. The predicted octanol–water partition coefficient (Wildman–Crippen LogP) is 17.7. The van der Waals surface area contributed by atoms with Crippen molar-refractivity contribution in [3.8, 4) is 22.3 Å². The molecule has 0 bridgehead atoms. The lowest BCUT2D eigenvalue weighted by molar-refractivity contribution is 0.332. The van der Waals surface area contributed by atoms with Crippen LogP contribution >= 0.6 is 11.3 Å². The molecular weight excluding hydrogens is 900 g/mol. The van der Waals surface area contributed by atoms with Gasteiger partial charge in [0.1, 0.15) is 0 Å². The van der Waals surface area contributed by atoms with Crippen LogP contribution in [-0.2, 0) is 32.5 Å². The third kappa shape index (κ3) is 7.01. The van der Waals surface area contributed by atoms with Crippen molar-refractivity contribution in [3.05, 3.63) is 172 Å². The zero-order valence-electron chi connectivity index (χ0n) is 55.1. The lowest BCUT2D eigenvalue weighted by atomic mass is 9.35. The minimum atomic E-state index is -0.502. The topological polar surface area (TPSA) is 6.48 Å². The molecule has 73 heavy (non-hydrogen) atoms. The lowest BCUT2D eigenvalue weighted by Crippen LogP contribution is -2.61. The molecule has 0 fully saturated rings. The van der Waals surface area contributed by atoms with E-state index in [0.717, 1.165) is 92.9 Å². The van der Waals surface area contributed by atoms with Crippen LogP contribution in [0.25, 0.3) is 32.3 Å². The van der Waals surface area contributed by atoms with Crippen molar-refractivity contribution < 1.29 is 13.7 Å². The predicted molar refractivity (Wildman–Crippen MR) is 317 cm³/mol. The number of anilines is 6. The summed E-state index contributed by atoms with van der Waals surface area (Å²) in [6.45, 7) is 30.4. The molecule has 0 atom stereocenters. The van der Waals surface area contributed by atoms with Gasteiger partial charge in [0.2, 0.25) is 0 Å². The van der Waals surface area contributed by atoms with Gasteiger partial charge < -0.3 is 9.80 Å². The molecule has 3 heterocycles. The molecule has 368 valence electrons. The molecule has 2 aliphatic heterocycles. The number of hydrogen-bond donors (Lipinski definition) is 0. The fourth-order valence-corrected chi connectivity index (χ4v) is 15.2. The molecule has 0 spiro atoms. The first-order valence-electron chi connectivity index (χ1n) is 31.7. The molecule has 0 N–H and O–H groups in total. The molecule has 5 aliphatic rings. The van der Waals surface area contributed by atoms with Crippen molar-refractivity contribution in [3.63, 3.8) is 0 Å². The van der Waals surface area contributed by atoms with E-state index < -0.39 is 36.3 Å². The van der Waals surface area contributed by atoms with Gasteiger partial charge in [-0.1, -0.05) is 168 Å². The van der Waals surface area contributed by atoms with E-state index in [4.69, 9.17) is 8.22 Å². The molecule has 3 aliphatic carbocycles. The standard InChI is InChI=1S/C69H73BN2S/c1-42-34-58-61-59(35-42)72(56-36-45(43-20-16-14-17-21-43)24-26-47(56)44-22-18-15-19-23-44)62-48-38-51-54(69(12,13)33-30-66(51,6)7)41-60(48)73-63(62)70(61)55-39-52-53(68(10,11)32-31-67(52,8)9)40-57(55)71(58)46-25-27-49-50(37-46)65(4,5)29-28-64(49,2)3/h14-27,34-41H,28-33H2,1-13H3/i14D,15D,16D,17D,18D,19D,20D,21D,22D,23D. The summed E-state index contributed by atoms with van der Waals surface area (Å²) in [5.74, 6) is 0. The molecule has 8 aromatic rings. The summed E-state index contributed by atoms with van der Waals surface area (Å²) >= 11 is 1.81. The summed E-state index contributed by atoms with van der Waals surface area (Å²) in [5, 5.41) is 1.03. The maximum absolute atomic E-state index is 9.60. The Hall–Kier alpha value is -5.84. The number of benzene rings is 7. The molecule has 0 amide bonds. The third-order valence-electron chi connectivity index (χ3n) is 18.6. The molecule has 0 saturated carbocycles. The van der Waals surface area contributed by atoms with E-state index in [1.54, 1.807) is 12.1 Å². The summed E-state index contributed by atoms with van der Waals surface area (Å²) in [6.07, 6.45) is 6.29.